The lowest BCUT2D eigenvalue weighted by Crippen LogP contribution is -2.60. The van der Waals surface area contributed by atoms with Crippen LogP contribution in [0.15, 0.2) is 33.5 Å². The van der Waals surface area contributed by atoms with Crippen molar-refractivity contribution < 1.29 is 58.4 Å². The van der Waals surface area contributed by atoms with Crippen LogP contribution in [0.25, 0.3) is 22.3 Å². The number of aromatic hydroxyl groups is 1. The van der Waals surface area contributed by atoms with Crippen LogP contribution in [-0.4, -0.2) is 91.3 Å². The Kier molecular flexibility index (Phi) is 7.85. The normalized spacial score (nSPS) is 23.2. The first-order valence-electron chi connectivity index (χ1n) is 11.3. The molecule has 0 aliphatic carbocycles. The third-order valence-electron chi connectivity index (χ3n) is 6.18. The SMILES string of the molecule is COc1ccc(-c2oc3cc(OC)c(OC)c(O)c3c(=O)c2OC)cc1O[C@@H]1O[C@H](CO)[C@@H](O)[C@H](O)[C@H]1O. The molecule has 0 radical (unpaired) electrons. The van der Waals surface area contributed by atoms with Crippen molar-refractivity contribution in [1.82, 2.24) is 0 Å². The Morgan fingerprint density at radius 2 is 1.53 bits per heavy atom. The van der Waals surface area contributed by atoms with Gasteiger partial charge in [-0.2, -0.15) is 0 Å². The average molecular weight is 536 g/mol. The van der Waals surface area contributed by atoms with Crippen molar-refractivity contribution >= 4 is 11.0 Å². The van der Waals surface area contributed by atoms with E-state index >= 15 is 0 Å². The van der Waals surface area contributed by atoms with Crippen LogP contribution in [0.4, 0.5) is 0 Å². The molecule has 2 aromatic carbocycles. The number of phenolic OH excluding ortho intramolecular Hbond substituents is 1. The van der Waals surface area contributed by atoms with E-state index in [1.807, 2.05) is 0 Å². The maximum absolute atomic E-state index is 13.3. The summed E-state index contributed by atoms with van der Waals surface area (Å²) in [6.45, 7) is -0.636. The summed E-state index contributed by atoms with van der Waals surface area (Å²) < 4.78 is 38.2. The van der Waals surface area contributed by atoms with Gasteiger partial charge in [0.1, 0.15) is 35.4 Å². The van der Waals surface area contributed by atoms with E-state index in [0.717, 1.165) is 0 Å². The molecule has 1 saturated heterocycles. The van der Waals surface area contributed by atoms with Crippen LogP contribution in [0.5, 0.6) is 34.5 Å². The molecule has 13 nitrogen and oxygen atoms in total. The first-order chi connectivity index (χ1) is 18.2. The summed E-state index contributed by atoms with van der Waals surface area (Å²) in [5.41, 5.74) is -0.432. The number of aliphatic hydroxyl groups is 4. The monoisotopic (exact) mass is 536 g/mol. The molecule has 5 atom stereocenters. The van der Waals surface area contributed by atoms with Gasteiger partial charge in [-0.3, -0.25) is 4.79 Å². The fourth-order valence-corrected chi connectivity index (χ4v) is 4.20. The maximum atomic E-state index is 13.3. The average Bonchev–Trinajstić information content (AvgIpc) is 2.92. The number of hydrogen-bond acceptors (Lipinski definition) is 13. The van der Waals surface area contributed by atoms with E-state index in [1.54, 1.807) is 6.07 Å². The van der Waals surface area contributed by atoms with Crippen LogP contribution in [0.2, 0.25) is 0 Å². The largest absolute Gasteiger partial charge is 0.504 e. The Labute approximate surface area is 215 Å². The lowest BCUT2D eigenvalue weighted by atomic mass is 9.99. The Balaban J connectivity index is 1.84. The first-order valence-corrected chi connectivity index (χ1v) is 11.3. The van der Waals surface area contributed by atoms with Gasteiger partial charge in [0, 0.05) is 11.6 Å². The first kappa shape index (κ1) is 27.3. The summed E-state index contributed by atoms with van der Waals surface area (Å²) in [7, 11) is 5.30. The van der Waals surface area contributed by atoms with Crippen LogP contribution in [-0.2, 0) is 4.74 Å². The molecule has 0 bridgehead atoms. The van der Waals surface area contributed by atoms with E-state index in [4.69, 9.17) is 32.8 Å². The van der Waals surface area contributed by atoms with Crippen LogP contribution >= 0.6 is 0 Å². The highest BCUT2D eigenvalue weighted by Crippen LogP contribution is 2.44. The number of fused-ring (bicyclic) bond motifs is 1. The Morgan fingerprint density at radius 1 is 0.842 bits per heavy atom. The van der Waals surface area contributed by atoms with Crippen LogP contribution in [0.3, 0.4) is 0 Å². The summed E-state index contributed by atoms with van der Waals surface area (Å²) >= 11 is 0. The zero-order valence-corrected chi connectivity index (χ0v) is 20.9. The number of rotatable bonds is 8. The van der Waals surface area contributed by atoms with Crippen LogP contribution in [0.1, 0.15) is 0 Å². The number of hydrogen-bond donors (Lipinski definition) is 5. The minimum absolute atomic E-state index is 0.00860. The zero-order valence-electron chi connectivity index (χ0n) is 20.9. The van der Waals surface area contributed by atoms with E-state index in [1.165, 1.54) is 46.6 Å². The van der Waals surface area contributed by atoms with Gasteiger partial charge in [-0.25, -0.2) is 0 Å². The molecule has 0 unspecified atom stereocenters. The fraction of sp³-hybridized carbons (Fsp3) is 0.400. The molecule has 0 saturated carbocycles. The van der Waals surface area contributed by atoms with Crippen molar-refractivity contribution in [2.24, 2.45) is 0 Å². The molecule has 13 heteroatoms. The predicted octanol–water partition coefficient (Wildman–Crippen LogP) is 0.379. The van der Waals surface area contributed by atoms with E-state index < -0.39 is 48.5 Å². The molecular weight excluding hydrogens is 508 g/mol. The molecule has 38 heavy (non-hydrogen) atoms. The highest BCUT2D eigenvalue weighted by atomic mass is 16.7. The minimum Gasteiger partial charge on any atom is -0.504 e. The van der Waals surface area contributed by atoms with Gasteiger partial charge < -0.3 is 58.4 Å². The summed E-state index contributed by atoms with van der Waals surface area (Å²) in [6.07, 6.45) is -7.57. The van der Waals surface area contributed by atoms with E-state index in [-0.39, 0.29) is 51.0 Å². The molecule has 0 amide bonds. The lowest BCUT2D eigenvalue weighted by Gasteiger charge is -2.39. The summed E-state index contributed by atoms with van der Waals surface area (Å²) in [5, 5.41) is 50.5. The van der Waals surface area contributed by atoms with Gasteiger partial charge in [-0.15, -0.1) is 0 Å². The number of ether oxygens (including phenoxy) is 6. The van der Waals surface area contributed by atoms with Crippen molar-refractivity contribution in [2.45, 2.75) is 30.7 Å². The van der Waals surface area contributed by atoms with Gasteiger partial charge in [0.25, 0.3) is 0 Å². The molecule has 1 aliphatic heterocycles. The Morgan fingerprint density at radius 3 is 2.13 bits per heavy atom. The third kappa shape index (κ3) is 4.54. The second-order valence-corrected chi connectivity index (χ2v) is 8.31. The van der Waals surface area contributed by atoms with Crippen molar-refractivity contribution in [3.05, 3.63) is 34.5 Å². The standard InChI is InChI=1S/C25H28O13/c1-32-11-6-5-10(7-12(11)37-25-21(31)20(30)17(27)15(9-26)38-25)22-24(35-4)19(29)16-13(36-22)8-14(33-2)23(34-3)18(16)28/h5-8,15,17,20-21,25-28,30-31H,9H2,1-4H3/t15-,17-,20+,21-,25-/m1/s1. The van der Waals surface area contributed by atoms with Crippen LogP contribution < -0.4 is 29.1 Å². The molecule has 2 heterocycles. The Hall–Kier alpha value is -3.75. The topological polar surface area (TPSA) is 187 Å². The Bertz CT molecular complexity index is 1370. The quantitative estimate of drug-likeness (QED) is 0.266. The molecule has 5 N–H and O–H groups in total. The van der Waals surface area contributed by atoms with Crippen molar-refractivity contribution in [2.75, 3.05) is 35.0 Å². The van der Waals surface area contributed by atoms with E-state index in [9.17, 15) is 30.3 Å². The van der Waals surface area contributed by atoms with Crippen molar-refractivity contribution in [1.29, 1.82) is 0 Å². The second-order valence-electron chi connectivity index (χ2n) is 8.31. The molecule has 1 fully saturated rings. The zero-order chi connectivity index (χ0) is 27.7. The molecule has 3 aromatic rings. The highest BCUT2D eigenvalue weighted by Gasteiger charge is 2.45. The van der Waals surface area contributed by atoms with Crippen molar-refractivity contribution in [3.63, 3.8) is 0 Å². The number of benzene rings is 2. The van der Waals surface area contributed by atoms with Gasteiger partial charge in [0.2, 0.25) is 23.2 Å². The fourth-order valence-electron chi connectivity index (χ4n) is 4.20. The molecule has 206 valence electrons. The summed E-state index contributed by atoms with van der Waals surface area (Å²) in [5.74, 6) is -0.477. The maximum Gasteiger partial charge on any atom is 0.239 e. The lowest BCUT2D eigenvalue weighted by molar-refractivity contribution is -0.277. The molecule has 1 aromatic heterocycles. The van der Waals surface area contributed by atoms with Crippen LogP contribution in [0, 0.1) is 0 Å². The van der Waals surface area contributed by atoms with Gasteiger partial charge in [0.05, 0.1) is 35.0 Å². The smallest absolute Gasteiger partial charge is 0.239 e. The number of aliphatic hydroxyl groups excluding tert-OH is 4. The summed E-state index contributed by atoms with van der Waals surface area (Å²) in [4.78, 5) is 13.3. The van der Waals surface area contributed by atoms with E-state index in [2.05, 4.69) is 0 Å². The second kappa shape index (κ2) is 10.9. The van der Waals surface area contributed by atoms with E-state index in [0.29, 0.717) is 0 Å². The van der Waals surface area contributed by atoms with Gasteiger partial charge in [-0.05, 0) is 18.2 Å². The molecule has 4 rings (SSSR count). The number of phenols is 1. The highest BCUT2D eigenvalue weighted by molar-refractivity contribution is 5.91. The minimum atomic E-state index is -1.67. The van der Waals surface area contributed by atoms with Gasteiger partial charge in [0.15, 0.2) is 28.8 Å². The molecular formula is C25H28O13. The van der Waals surface area contributed by atoms with Crippen molar-refractivity contribution in [3.8, 4) is 45.8 Å². The van der Waals surface area contributed by atoms with Gasteiger partial charge in [-0.1, -0.05) is 0 Å². The predicted molar refractivity (Wildman–Crippen MR) is 130 cm³/mol. The number of methoxy groups -OCH3 is 4. The van der Waals surface area contributed by atoms with Gasteiger partial charge >= 0.3 is 0 Å². The molecule has 1 aliphatic rings. The third-order valence-corrected chi connectivity index (χ3v) is 6.18. The molecule has 0 spiro atoms. The summed E-state index contributed by atoms with van der Waals surface area (Å²) in [6, 6.07) is 5.83.